The lowest BCUT2D eigenvalue weighted by molar-refractivity contribution is 0.165. The second kappa shape index (κ2) is 4.96. The first-order chi connectivity index (χ1) is 8.63. The van der Waals surface area contributed by atoms with Crippen LogP contribution in [0.4, 0.5) is 0 Å². The van der Waals surface area contributed by atoms with Gasteiger partial charge in [-0.15, -0.1) is 11.3 Å². The van der Waals surface area contributed by atoms with Crippen LogP contribution in [0.15, 0.2) is 38.6 Å². The molecule has 2 heterocycles. The molecule has 0 radical (unpaired) electrons. The first-order valence-electron chi connectivity index (χ1n) is 5.60. The number of rotatable bonds is 1. The smallest absolute Gasteiger partial charge is 0.135 e. The summed E-state index contributed by atoms with van der Waals surface area (Å²) < 4.78 is 8.20. The van der Waals surface area contributed by atoms with Gasteiger partial charge in [0.1, 0.15) is 11.9 Å². The van der Waals surface area contributed by atoms with Gasteiger partial charge in [0.25, 0.3) is 0 Å². The molecule has 2 nitrogen and oxygen atoms in total. The van der Waals surface area contributed by atoms with Crippen molar-refractivity contribution in [2.24, 2.45) is 5.73 Å². The normalized spacial score (nSPS) is 22.4. The molecule has 0 saturated carbocycles. The molecule has 1 aromatic heterocycles. The molecule has 18 heavy (non-hydrogen) atoms. The van der Waals surface area contributed by atoms with E-state index in [1.165, 1.54) is 4.88 Å². The number of thiophene rings is 1. The van der Waals surface area contributed by atoms with Gasteiger partial charge in [-0.05, 0) is 40.2 Å². The maximum atomic E-state index is 6.23. The number of halogens is 2. The van der Waals surface area contributed by atoms with Gasteiger partial charge in [-0.25, -0.2) is 0 Å². The zero-order valence-corrected chi connectivity index (χ0v) is 13.4. The molecule has 0 spiro atoms. The van der Waals surface area contributed by atoms with E-state index in [1.807, 2.05) is 24.3 Å². The van der Waals surface area contributed by atoms with Gasteiger partial charge in [-0.1, -0.05) is 22.0 Å². The SMILES string of the molecule is NC1CC(c2ccc(Br)s2)Oc2cc(Br)ccc21. The van der Waals surface area contributed by atoms with Gasteiger partial charge >= 0.3 is 0 Å². The van der Waals surface area contributed by atoms with Crippen LogP contribution < -0.4 is 10.5 Å². The first kappa shape index (κ1) is 12.7. The minimum absolute atomic E-state index is 0.0349. The third kappa shape index (κ3) is 2.37. The molecule has 2 aromatic rings. The van der Waals surface area contributed by atoms with Gasteiger partial charge in [0.05, 0.1) is 3.79 Å². The van der Waals surface area contributed by atoms with Crippen molar-refractivity contribution < 1.29 is 4.74 Å². The molecular weight excluding hydrogens is 378 g/mol. The van der Waals surface area contributed by atoms with Crippen LogP contribution in [0.5, 0.6) is 5.75 Å². The van der Waals surface area contributed by atoms with Gasteiger partial charge in [0, 0.05) is 27.4 Å². The molecule has 2 unspecified atom stereocenters. The van der Waals surface area contributed by atoms with Gasteiger partial charge in [0.15, 0.2) is 0 Å². The van der Waals surface area contributed by atoms with Gasteiger partial charge < -0.3 is 10.5 Å². The Bertz CT molecular complexity index is 584. The summed E-state index contributed by atoms with van der Waals surface area (Å²) in [6, 6.07) is 10.2. The lowest BCUT2D eigenvalue weighted by atomic mass is 9.97. The number of hydrogen-bond acceptors (Lipinski definition) is 3. The van der Waals surface area contributed by atoms with E-state index in [4.69, 9.17) is 10.5 Å². The molecule has 2 atom stereocenters. The molecule has 0 fully saturated rings. The summed E-state index contributed by atoms with van der Waals surface area (Å²) in [6.45, 7) is 0. The van der Waals surface area contributed by atoms with Crippen molar-refractivity contribution >= 4 is 43.2 Å². The van der Waals surface area contributed by atoms with Crippen molar-refractivity contribution in [3.63, 3.8) is 0 Å². The predicted octanol–water partition coefficient (Wildman–Crippen LogP) is 4.80. The van der Waals surface area contributed by atoms with Crippen LogP contribution >= 0.6 is 43.2 Å². The highest BCUT2D eigenvalue weighted by molar-refractivity contribution is 9.11. The monoisotopic (exact) mass is 387 g/mol. The zero-order chi connectivity index (χ0) is 12.7. The third-order valence-corrected chi connectivity index (χ3v) is 5.23. The fraction of sp³-hybridized carbons (Fsp3) is 0.231. The lowest BCUT2D eigenvalue weighted by Gasteiger charge is -2.29. The van der Waals surface area contributed by atoms with Crippen LogP contribution in [0.3, 0.4) is 0 Å². The quantitative estimate of drug-likeness (QED) is 0.761. The number of ether oxygens (including phenoxy) is 1. The Balaban J connectivity index is 1.95. The molecule has 1 aromatic carbocycles. The van der Waals surface area contributed by atoms with Crippen molar-refractivity contribution in [2.75, 3.05) is 0 Å². The molecule has 94 valence electrons. The zero-order valence-electron chi connectivity index (χ0n) is 9.40. The number of nitrogens with two attached hydrogens (primary N) is 1. The van der Waals surface area contributed by atoms with E-state index in [9.17, 15) is 0 Å². The average molecular weight is 389 g/mol. The Morgan fingerprint density at radius 3 is 2.78 bits per heavy atom. The van der Waals surface area contributed by atoms with E-state index in [1.54, 1.807) is 11.3 Å². The second-order valence-corrected chi connectivity index (χ2v) is 7.68. The summed E-state index contributed by atoms with van der Waals surface area (Å²) in [5.41, 5.74) is 7.32. The summed E-state index contributed by atoms with van der Waals surface area (Å²) in [4.78, 5) is 1.21. The molecular formula is C13H11Br2NOS. The minimum Gasteiger partial charge on any atom is -0.484 e. The summed E-state index contributed by atoms with van der Waals surface area (Å²) in [6.07, 6.45) is 0.875. The van der Waals surface area contributed by atoms with Crippen molar-refractivity contribution in [3.8, 4) is 5.75 Å². The Morgan fingerprint density at radius 2 is 2.06 bits per heavy atom. The van der Waals surface area contributed by atoms with Gasteiger partial charge in [0.2, 0.25) is 0 Å². The van der Waals surface area contributed by atoms with Gasteiger partial charge in [-0.3, -0.25) is 0 Å². The molecule has 3 rings (SSSR count). The predicted molar refractivity (Wildman–Crippen MR) is 81.1 cm³/mol. The molecule has 0 saturated heterocycles. The lowest BCUT2D eigenvalue weighted by Crippen LogP contribution is -2.23. The largest absolute Gasteiger partial charge is 0.484 e. The van der Waals surface area contributed by atoms with Crippen molar-refractivity contribution in [3.05, 3.63) is 49.0 Å². The van der Waals surface area contributed by atoms with Crippen LogP contribution in [0.2, 0.25) is 0 Å². The van der Waals surface area contributed by atoms with Crippen molar-refractivity contribution in [1.82, 2.24) is 0 Å². The number of benzene rings is 1. The van der Waals surface area contributed by atoms with Crippen molar-refractivity contribution in [1.29, 1.82) is 0 Å². The molecule has 0 bridgehead atoms. The van der Waals surface area contributed by atoms with Gasteiger partial charge in [-0.2, -0.15) is 0 Å². The second-order valence-electron chi connectivity index (χ2n) is 4.27. The fourth-order valence-electron chi connectivity index (χ4n) is 2.15. The van der Waals surface area contributed by atoms with Crippen molar-refractivity contribution in [2.45, 2.75) is 18.6 Å². The fourth-order valence-corrected chi connectivity index (χ4v) is 3.96. The first-order valence-corrected chi connectivity index (χ1v) is 8.00. The molecule has 1 aliphatic rings. The minimum atomic E-state index is 0.0349. The van der Waals surface area contributed by atoms with Crippen LogP contribution in [-0.4, -0.2) is 0 Å². The Morgan fingerprint density at radius 1 is 1.22 bits per heavy atom. The van der Waals surface area contributed by atoms with E-state index in [0.29, 0.717) is 0 Å². The Labute approximate surface area is 126 Å². The van der Waals surface area contributed by atoms with Crippen LogP contribution in [0.1, 0.15) is 29.0 Å². The molecule has 1 aliphatic heterocycles. The van der Waals surface area contributed by atoms with Crippen LogP contribution in [0, 0.1) is 0 Å². The van der Waals surface area contributed by atoms with E-state index in [2.05, 4.69) is 37.9 Å². The Hall–Kier alpha value is -0.360. The standard InChI is InChI=1S/C13H11Br2NOS/c14-7-1-2-8-9(16)6-11(17-10(8)5-7)12-3-4-13(15)18-12/h1-5,9,11H,6,16H2. The van der Waals surface area contributed by atoms with E-state index < -0.39 is 0 Å². The van der Waals surface area contributed by atoms with E-state index in [0.717, 1.165) is 26.0 Å². The molecule has 0 aliphatic carbocycles. The van der Waals surface area contributed by atoms with E-state index in [-0.39, 0.29) is 12.1 Å². The summed E-state index contributed by atoms with van der Waals surface area (Å²) in [5, 5.41) is 0. The highest BCUT2D eigenvalue weighted by atomic mass is 79.9. The maximum absolute atomic E-state index is 6.23. The summed E-state index contributed by atoms with van der Waals surface area (Å²) >= 11 is 8.65. The summed E-state index contributed by atoms with van der Waals surface area (Å²) in [7, 11) is 0. The van der Waals surface area contributed by atoms with Crippen LogP contribution in [0.25, 0.3) is 0 Å². The number of hydrogen-bond donors (Lipinski definition) is 1. The van der Waals surface area contributed by atoms with Crippen LogP contribution in [-0.2, 0) is 0 Å². The van der Waals surface area contributed by atoms with E-state index >= 15 is 0 Å². The summed E-state index contributed by atoms with van der Waals surface area (Å²) in [5.74, 6) is 0.887. The highest BCUT2D eigenvalue weighted by Gasteiger charge is 2.28. The highest BCUT2D eigenvalue weighted by Crippen LogP contribution is 2.42. The average Bonchev–Trinajstić information content (AvgIpc) is 2.75. The number of fused-ring (bicyclic) bond motifs is 1. The Kier molecular flexibility index (Phi) is 3.49. The molecule has 0 amide bonds. The topological polar surface area (TPSA) is 35.2 Å². The maximum Gasteiger partial charge on any atom is 0.135 e. The molecule has 5 heteroatoms. The third-order valence-electron chi connectivity index (χ3n) is 3.02. The molecule has 2 N–H and O–H groups in total.